The van der Waals surface area contributed by atoms with Crippen LogP contribution in [0.4, 0.5) is 4.39 Å². The van der Waals surface area contributed by atoms with Crippen LogP contribution in [0.3, 0.4) is 0 Å². The first-order chi connectivity index (χ1) is 5.59. The number of allylic oxidation sites excluding steroid dienone is 1. The Kier molecular flexibility index (Phi) is 2.64. The maximum absolute atomic E-state index is 12.5. The molecule has 0 saturated heterocycles. The van der Waals surface area contributed by atoms with Gasteiger partial charge in [-0.3, -0.25) is 0 Å². The van der Waals surface area contributed by atoms with Gasteiger partial charge in [0.05, 0.1) is 5.83 Å². The molecule has 0 aromatic heterocycles. The second kappa shape index (κ2) is 3.53. The highest BCUT2D eigenvalue weighted by molar-refractivity contribution is 5.55. The first-order valence-corrected chi connectivity index (χ1v) is 4.00. The van der Waals surface area contributed by atoms with Crippen molar-refractivity contribution >= 4 is 6.08 Å². The van der Waals surface area contributed by atoms with Crippen molar-refractivity contribution in [1.29, 1.82) is 0 Å². The molecule has 0 N–H and O–H groups in total. The molecule has 0 atom stereocenters. The van der Waals surface area contributed by atoms with E-state index < -0.39 is 0 Å². The molecule has 0 heterocycles. The Labute approximate surface area is 72.7 Å². The molecule has 12 heavy (non-hydrogen) atoms. The van der Waals surface area contributed by atoms with E-state index in [1.165, 1.54) is 12.5 Å². The third-order valence-electron chi connectivity index (χ3n) is 1.78. The van der Waals surface area contributed by atoms with Gasteiger partial charge in [0.2, 0.25) is 0 Å². The van der Waals surface area contributed by atoms with Gasteiger partial charge in [-0.25, -0.2) is 4.39 Å². The molecule has 0 nitrogen and oxygen atoms in total. The van der Waals surface area contributed by atoms with Gasteiger partial charge in [-0.2, -0.15) is 0 Å². The molecule has 1 aromatic carbocycles. The van der Waals surface area contributed by atoms with Crippen LogP contribution in [-0.4, -0.2) is 0 Å². The topological polar surface area (TPSA) is 0 Å². The van der Waals surface area contributed by atoms with Crippen molar-refractivity contribution in [2.45, 2.75) is 20.8 Å². The van der Waals surface area contributed by atoms with Crippen molar-refractivity contribution in [3.8, 4) is 0 Å². The largest absolute Gasteiger partial charge is 0.212 e. The van der Waals surface area contributed by atoms with Crippen LogP contribution in [0, 0.1) is 13.8 Å². The second-order valence-corrected chi connectivity index (χ2v) is 3.09. The van der Waals surface area contributed by atoms with Crippen molar-refractivity contribution in [2.75, 3.05) is 0 Å². The lowest BCUT2D eigenvalue weighted by Gasteiger charge is -2.00. The zero-order valence-electron chi connectivity index (χ0n) is 7.69. The van der Waals surface area contributed by atoms with E-state index in [1.807, 2.05) is 26.0 Å². The maximum Gasteiger partial charge on any atom is 0.0974 e. The second-order valence-electron chi connectivity index (χ2n) is 3.09. The van der Waals surface area contributed by atoms with Gasteiger partial charge in [0.25, 0.3) is 0 Å². The summed E-state index contributed by atoms with van der Waals surface area (Å²) in [4.78, 5) is 0. The number of aryl methyl sites for hydroxylation is 2. The van der Waals surface area contributed by atoms with Gasteiger partial charge in [0, 0.05) is 0 Å². The van der Waals surface area contributed by atoms with Crippen molar-refractivity contribution in [3.63, 3.8) is 0 Å². The zero-order valence-corrected chi connectivity index (χ0v) is 7.69. The number of rotatable bonds is 1. The van der Waals surface area contributed by atoms with Crippen LogP contribution in [0.5, 0.6) is 0 Å². The van der Waals surface area contributed by atoms with Crippen LogP contribution in [0.25, 0.3) is 6.08 Å². The minimum Gasteiger partial charge on any atom is -0.212 e. The monoisotopic (exact) mass is 164 g/mol. The Balaban J connectivity index is 3.10. The Bertz CT molecular complexity index is 307. The zero-order chi connectivity index (χ0) is 9.14. The molecular weight excluding hydrogens is 151 g/mol. The summed E-state index contributed by atoms with van der Waals surface area (Å²) >= 11 is 0. The third-order valence-corrected chi connectivity index (χ3v) is 1.78. The molecule has 1 rings (SSSR count). The molecule has 1 aromatic rings. The summed E-state index contributed by atoms with van der Waals surface area (Å²) in [7, 11) is 0. The van der Waals surface area contributed by atoms with Gasteiger partial charge < -0.3 is 0 Å². The van der Waals surface area contributed by atoms with E-state index in [0.29, 0.717) is 0 Å². The number of benzene rings is 1. The first-order valence-electron chi connectivity index (χ1n) is 4.00. The van der Waals surface area contributed by atoms with Crippen LogP contribution in [0.2, 0.25) is 0 Å². The molecule has 0 amide bonds. The van der Waals surface area contributed by atoms with E-state index in [-0.39, 0.29) is 5.83 Å². The highest BCUT2D eigenvalue weighted by atomic mass is 19.1. The van der Waals surface area contributed by atoms with Gasteiger partial charge in [-0.1, -0.05) is 23.8 Å². The van der Waals surface area contributed by atoms with Crippen LogP contribution >= 0.6 is 0 Å². The lowest BCUT2D eigenvalue weighted by Crippen LogP contribution is -1.82. The van der Waals surface area contributed by atoms with Gasteiger partial charge in [-0.05, 0) is 38.0 Å². The Morgan fingerprint density at radius 2 is 2.00 bits per heavy atom. The van der Waals surface area contributed by atoms with Gasteiger partial charge in [0.15, 0.2) is 0 Å². The van der Waals surface area contributed by atoms with E-state index in [1.54, 1.807) is 6.08 Å². The number of hydrogen-bond donors (Lipinski definition) is 0. The number of hydrogen-bond acceptors (Lipinski definition) is 0. The smallest absolute Gasteiger partial charge is 0.0974 e. The number of halogens is 1. The van der Waals surface area contributed by atoms with Gasteiger partial charge in [-0.15, -0.1) is 0 Å². The van der Waals surface area contributed by atoms with E-state index in [2.05, 4.69) is 6.07 Å². The van der Waals surface area contributed by atoms with E-state index in [0.717, 1.165) is 11.1 Å². The molecule has 0 saturated carbocycles. The molecule has 0 aliphatic heterocycles. The van der Waals surface area contributed by atoms with E-state index in [9.17, 15) is 4.39 Å². The molecule has 64 valence electrons. The summed E-state index contributed by atoms with van der Waals surface area (Å²) in [5, 5.41) is 0. The molecule has 0 unspecified atom stereocenters. The average Bonchev–Trinajstić information content (AvgIpc) is 1.94. The fourth-order valence-corrected chi connectivity index (χ4v) is 1.20. The van der Waals surface area contributed by atoms with Gasteiger partial charge in [0.1, 0.15) is 0 Å². The first kappa shape index (κ1) is 8.98. The molecule has 0 bridgehead atoms. The quantitative estimate of drug-likeness (QED) is 0.594. The highest BCUT2D eigenvalue weighted by Crippen LogP contribution is 2.14. The van der Waals surface area contributed by atoms with Gasteiger partial charge >= 0.3 is 0 Å². The van der Waals surface area contributed by atoms with Crippen molar-refractivity contribution < 1.29 is 4.39 Å². The summed E-state index contributed by atoms with van der Waals surface area (Å²) in [5.41, 5.74) is 3.29. The third kappa shape index (κ3) is 2.19. The molecule has 0 radical (unpaired) electrons. The molecule has 0 aliphatic carbocycles. The average molecular weight is 164 g/mol. The lowest BCUT2D eigenvalue weighted by atomic mass is 10.1. The summed E-state index contributed by atoms with van der Waals surface area (Å²) in [6.45, 7) is 5.48. The summed E-state index contributed by atoms with van der Waals surface area (Å²) in [5.74, 6) is -0.151. The van der Waals surface area contributed by atoms with Crippen LogP contribution in [-0.2, 0) is 0 Å². The summed E-state index contributed by atoms with van der Waals surface area (Å²) in [6, 6.07) is 5.98. The maximum atomic E-state index is 12.5. The lowest BCUT2D eigenvalue weighted by molar-refractivity contribution is 0.648. The minimum absolute atomic E-state index is 0.151. The Hall–Kier alpha value is -1.11. The molecule has 0 aliphatic rings. The predicted octanol–water partition coefficient (Wildman–Crippen LogP) is 3.63. The van der Waals surface area contributed by atoms with Crippen molar-refractivity contribution in [3.05, 3.63) is 40.7 Å². The Morgan fingerprint density at radius 1 is 1.33 bits per heavy atom. The van der Waals surface area contributed by atoms with Crippen LogP contribution in [0.1, 0.15) is 23.6 Å². The van der Waals surface area contributed by atoms with E-state index >= 15 is 0 Å². The molecule has 0 fully saturated rings. The van der Waals surface area contributed by atoms with Crippen molar-refractivity contribution in [2.24, 2.45) is 0 Å². The highest BCUT2D eigenvalue weighted by Gasteiger charge is 1.95. The van der Waals surface area contributed by atoms with Crippen LogP contribution < -0.4 is 0 Å². The molecule has 0 spiro atoms. The fraction of sp³-hybridized carbons (Fsp3) is 0.273. The molecular formula is C11H13F. The summed E-state index contributed by atoms with van der Waals surface area (Å²) < 4.78 is 12.5. The molecule has 1 heteroatoms. The normalized spacial score (nSPS) is 11.8. The fourth-order valence-electron chi connectivity index (χ4n) is 1.20. The Morgan fingerprint density at radius 3 is 2.50 bits per heavy atom. The summed E-state index contributed by atoms with van der Waals surface area (Å²) in [6.07, 6.45) is 1.55. The van der Waals surface area contributed by atoms with Crippen LogP contribution in [0.15, 0.2) is 24.0 Å². The minimum atomic E-state index is -0.151. The SMILES string of the molecule is C/C(F)=C\c1ccc(C)cc1C. The van der Waals surface area contributed by atoms with Crippen molar-refractivity contribution in [1.82, 2.24) is 0 Å². The predicted molar refractivity (Wildman–Crippen MR) is 50.7 cm³/mol. The van der Waals surface area contributed by atoms with E-state index in [4.69, 9.17) is 0 Å². The standard InChI is InChI=1S/C11H13F/c1-8-4-5-11(7-10(3)12)9(2)6-8/h4-7H,1-3H3/b10-7+.